The summed E-state index contributed by atoms with van der Waals surface area (Å²) in [7, 11) is 0. The van der Waals surface area contributed by atoms with Crippen LogP contribution in [0.25, 0.3) is 0 Å². The van der Waals surface area contributed by atoms with E-state index in [1.807, 2.05) is 36.1 Å². The van der Waals surface area contributed by atoms with Crippen LogP contribution < -0.4 is 20.1 Å². The van der Waals surface area contributed by atoms with E-state index < -0.39 is 0 Å². The maximum Gasteiger partial charge on any atom is 0.255 e. The van der Waals surface area contributed by atoms with Gasteiger partial charge in [-0.3, -0.25) is 9.59 Å². The van der Waals surface area contributed by atoms with Crippen LogP contribution in [0.2, 0.25) is 0 Å². The number of hydrogen-bond acceptors (Lipinski definition) is 5. The summed E-state index contributed by atoms with van der Waals surface area (Å²) in [5.41, 5.74) is 2.11. The molecule has 2 amide bonds. The molecule has 1 fully saturated rings. The van der Waals surface area contributed by atoms with Gasteiger partial charge in [0.25, 0.3) is 5.91 Å². The first-order valence-electron chi connectivity index (χ1n) is 9.42. The molecule has 2 aliphatic heterocycles. The summed E-state index contributed by atoms with van der Waals surface area (Å²) in [6.45, 7) is 5.25. The fraction of sp³-hybridized carbons (Fsp3) is 0.333. The number of hydrogen-bond donors (Lipinski definition) is 2. The van der Waals surface area contributed by atoms with E-state index in [1.165, 1.54) is 0 Å². The van der Waals surface area contributed by atoms with Crippen molar-refractivity contribution in [3.05, 3.63) is 53.6 Å². The number of rotatable bonds is 4. The van der Waals surface area contributed by atoms with E-state index in [9.17, 15) is 9.59 Å². The molecule has 0 bridgehead atoms. The van der Waals surface area contributed by atoms with Crippen molar-refractivity contribution in [3.63, 3.8) is 0 Å². The number of carbonyl (C=O) groups is 2. The molecule has 2 aromatic rings. The number of fused-ring (bicyclic) bond motifs is 1. The first-order valence-corrected chi connectivity index (χ1v) is 9.42. The minimum atomic E-state index is -0.226. The lowest BCUT2D eigenvalue weighted by molar-refractivity contribution is -0.133. The van der Waals surface area contributed by atoms with Crippen LogP contribution in [-0.4, -0.2) is 49.7 Å². The van der Waals surface area contributed by atoms with Crippen LogP contribution in [0.3, 0.4) is 0 Å². The third kappa shape index (κ3) is 3.80. The topological polar surface area (TPSA) is 79.9 Å². The van der Waals surface area contributed by atoms with Crippen molar-refractivity contribution in [2.24, 2.45) is 0 Å². The lowest BCUT2D eigenvalue weighted by Gasteiger charge is -2.30. The quantitative estimate of drug-likeness (QED) is 0.849. The van der Waals surface area contributed by atoms with Crippen molar-refractivity contribution in [1.82, 2.24) is 10.2 Å². The molecule has 0 aliphatic carbocycles. The van der Waals surface area contributed by atoms with Crippen LogP contribution in [0.1, 0.15) is 28.8 Å². The summed E-state index contributed by atoms with van der Waals surface area (Å²) < 4.78 is 10.6. The van der Waals surface area contributed by atoms with Gasteiger partial charge < -0.3 is 25.0 Å². The minimum Gasteiger partial charge on any atom is -0.454 e. The highest BCUT2D eigenvalue weighted by molar-refractivity contribution is 6.04. The fourth-order valence-corrected chi connectivity index (χ4v) is 3.40. The van der Waals surface area contributed by atoms with Gasteiger partial charge in [0, 0.05) is 37.4 Å². The molecule has 2 aliphatic rings. The molecule has 1 atom stereocenters. The van der Waals surface area contributed by atoms with Crippen molar-refractivity contribution in [2.45, 2.75) is 12.8 Å². The first-order chi connectivity index (χ1) is 13.6. The Balaban J connectivity index is 1.40. The molecular weight excluding hydrogens is 358 g/mol. The van der Waals surface area contributed by atoms with Crippen molar-refractivity contribution in [1.29, 1.82) is 0 Å². The molecule has 2 heterocycles. The predicted octanol–water partition coefficient (Wildman–Crippen LogP) is 2.20. The molecule has 7 nitrogen and oxygen atoms in total. The molecule has 28 heavy (non-hydrogen) atoms. The van der Waals surface area contributed by atoms with Crippen LogP contribution in [0.4, 0.5) is 5.69 Å². The van der Waals surface area contributed by atoms with E-state index in [4.69, 9.17) is 9.47 Å². The van der Waals surface area contributed by atoms with E-state index in [1.54, 1.807) is 18.2 Å². The Kier molecular flexibility index (Phi) is 5.16. The van der Waals surface area contributed by atoms with Crippen LogP contribution in [0.5, 0.6) is 11.5 Å². The van der Waals surface area contributed by atoms with Gasteiger partial charge in [-0.1, -0.05) is 12.1 Å². The molecule has 0 radical (unpaired) electrons. The highest BCUT2D eigenvalue weighted by Gasteiger charge is 2.23. The van der Waals surface area contributed by atoms with E-state index >= 15 is 0 Å². The zero-order valence-corrected chi connectivity index (χ0v) is 15.7. The molecule has 2 N–H and O–H groups in total. The maximum atomic E-state index is 12.6. The summed E-state index contributed by atoms with van der Waals surface area (Å²) in [5, 5.41) is 6.12. The average Bonchev–Trinajstić information content (AvgIpc) is 3.22. The average molecular weight is 381 g/mol. The molecule has 0 saturated carbocycles. The SMILES string of the molecule is CC(C(=O)N1CCNCC1)c1ccc(NC(=O)c2ccc3c(c2)OCO3)cc1. The zero-order chi connectivity index (χ0) is 19.5. The number of carbonyl (C=O) groups excluding carboxylic acids is 2. The Morgan fingerprint density at radius 1 is 1.04 bits per heavy atom. The van der Waals surface area contributed by atoms with Gasteiger partial charge in [-0.2, -0.15) is 0 Å². The standard InChI is InChI=1S/C21H23N3O4/c1-14(21(26)24-10-8-22-9-11-24)15-2-5-17(6-3-15)23-20(25)16-4-7-18-19(12-16)28-13-27-18/h2-7,12,14,22H,8-11,13H2,1H3,(H,23,25). The second-order valence-electron chi connectivity index (χ2n) is 6.94. The highest BCUT2D eigenvalue weighted by Crippen LogP contribution is 2.32. The first kappa shape index (κ1) is 18.3. The third-order valence-corrected chi connectivity index (χ3v) is 5.10. The third-order valence-electron chi connectivity index (χ3n) is 5.10. The van der Waals surface area contributed by atoms with Gasteiger partial charge in [0.1, 0.15) is 0 Å². The molecule has 7 heteroatoms. The van der Waals surface area contributed by atoms with Crippen molar-refractivity contribution < 1.29 is 19.1 Å². The molecule has 0 aromatic heterocycles. The zero-order valence-electron chi connectivity index (χ0n) is 15.7. The van der Waals surface area contributed by atoms with Crippen LogP contribution in [0.15, 0.2) is 42.5 Å². The fourth-order valence-electron chi connectivity index (χ4n) is 3.40. The summed E-state index contributed by atoms with van der Waals surface area (Å²) >= 11 is 0. The number of nitrogens with one attached hydrogen (secondary N) is 2. The van der Waals surface area contributed by atoms with Gasteiger partial charge in [-0.15, -0.1) is 0 Å². The minimum absolute atomic E-state index is 0.138. The van der Waals surface area contributed by atoms with Gasteiger partial charge in [-0.05, 0) is 42.8 Å². The number of benzene rings is 2. The Morgan fingerprint density at radius 3 is 2.50 bits per heavy atom. The van der Waals surface area contributed by atoms with Crippen LogP contribution in [-0.2, 0) is 4.79 Å². The molecule has 0 spiro atoms. The molecule has 146 valence electrons. The van der Waals surface area contributed by atoms with Gasteiger partial charge in [0.05, 0.1) is 5.92 Å². The second kappa shape index (κ2) is 7.90. The molecule has 1 unspecified atom stereocenters. The van der Waals surface area contributed by atoms with Crippen LogP contribution >= 0.6 is 0 Å². The largest absolute Gasteiger partial charge is 0.454 e. The van der Waals surface area contributed by atoms with Gasteiger partial charge in [0.2, 0.25) is 12.7 Å². The predicted molar refractivity (Wildman–Crippen MR) is 105 cm³/mol. The lowest BCUT2D eigenvalue weighted by atomic mass is 9.99. The van der Waals surface area contributed by atoms with Crippen molar-refractivity contribution >= 4 is 17.5 Å². The second-order valence-corrected chi connectivity index (χ2v) is 6.94. The van der Waals surface area contributed by atoms with Crippen molar-refractivity contribution in [3.8, 4) is 11.5 Å². The molecule has 1 saturated heterocycles. The Labute approximate surface area is 163 Å². The van der Waals surface area contributed by atoms with Crippen molar-refractivity contribution in [2.75, 3.05) is 38.3 Å². The van der Waals surface area contributed by atoms with Gasteiger partial charge >= 0.3 is 0 Å². The van der Waals surface area contributed by atoms with Crippen LogP contribution in [0, 0.1) is 0 Å². The maximum absolute atomic E-state index is 12.6. The summed E-state index contributed by atoms with van der Waals surface area (Å²) in [4.78, 5) is 27.0. The lowest BCUT2D eigenvalue weighted by Crippen LogP contribution is -2.47. The normalized spacial score (nSPS) is 16.5. The van der Waals surface area contributed by atoms with E-state index in [0.29, 0.717) is 22.7 Å². The molecular formula is C21H23N3O4. The van der Waals surface area contributed by atoms with Gasteiger partial charge in [0.15, 0.2) is 11.5 Å². The Hall–Kier alpha value is -3.06. The number of amides is 2. The van der Waals surface area contributed by atoms with E-state index in [0.717, 1.165) is 31.7 Å². The number of nitrogens with zero attached hydrogens (tertiary/aromatic N) is 1. The monoisotopic (exact) mass is 381 g/mol. The van der Waals surface area contributed by atoms with E-state index in [2.05, 4.69) is 10.6 Å². The van der Waals surface area contributed by atoms with Gasteiger partial charge in [-0.25, -0.2) is 0 Å². The Bertz CT molecular complexity index is 876. The summed E-state index contributed by atoms with van der Waals surface area (Å²) in [6, 6.07) is 12.5. The van der Waals surface area contributed by atoms with E-state index in [-0.39, 0.29) is 24.5 Å². The summed E-state index contributed by atoms with van der Waals surface area (Å²) in [6.07, 6.45) is 0. The Morgan fingerprint density at radius 2 is 1.75 bits per heavy atom. The molecule has 2 aromatic carbocycles. The smallest absolute Gasteiger partial charge is 0.255 e. The highest BCUT2D eigenvalue weighted by atomic mass is 16.7. The summed E-state index contributed by atoms with van der Waals surface area (Å²) in [5.74, 6) is 0.915. The number of anilines is 1. The number of piperazine rings is 1. The number of ether oxygens (including phenoxy) is 2. The molecule has 4 rings (SSSR count).